The summed E-state index contributed by atoms with van der Waals surface area (Å²) in [5.74, 6) is 0.847. The van der Waals surface area contributed by atoms with Crippen molar-refractivity contribution in [3.05, 3.63) is 139 Å². The molecule has 0 amide bonds. The average Bonchev–Trinajstić information content (AvgIpc) is 3.75. The van der Waals surface area contributed by atoms with Crippen molar-refractivity contribution >= 4 is 58.8 Å². The zero-order chi connectivity index (χ0) is 33.0. The quantitative estimate of drug-likeness (QED) is 0.180. The second-order valence-electron chi connectivity index (χ2n) is 13.1. The summed E-state index contributed by atoms with van der Waals surface area (Å²) in [7, 11) is 0. The van der Waals surface area contributed by atoms with Crippen molar-refractivity contribution < 1.29 is 0 Å². The summed E-state index contributed by atoms with van der Waals surface area (Å²) >= 11 is 1.86. The third-order valence-electron chi connectivity index (χ3n) is 9.30. The van der Waals surface area contributed by atoms with Gasteiger partial charge < -0.3 is 0 Å². The molecule has 234 valence electrons. The van der Waals surface area contributed by atoms with Crippen LogP contribution in [-0.2, 0) is 5.41 Å². The molecule has 9 aromatic rings. The van der Waals surface area contributed by atoms with Crippen LogP contribution >= 0.6 is 11.3 Å². The van der Waals surface area contributed by atoms with E-state index in [1.165, 1.54) is 58.8 Å². The number of rotatable bonds is 3. The lowest BCUT2D eigenvalue weighted by Crippen LogP contribution is -2.10. The Labute approximate surface area is 285 Å². The van der Waals surface area contributed by atoms with Crippen molar-refractivity contribution in [1.82, 2.24) is 14.6 Å². The van der Waals surface area contributed by atoms with Crippen LogP contribution in [0.5, 0.6) is 0 Å². The van der Waals surface area contributed by atoms with Gasteiger partial charge in [-0.05, 0) is 56.8 Å². The largest absolute Gasteiger partial charge is 0.274 e. The maximum absolute atomic E-state index is 4.78. The third-order valence-corrected chi connectivity index (χ3v) is 10.5. The SMILES string of the molecule is CC.CC(C)(C)c1ccc(-c2ccc3c(c2)c2ccccc2c2nnc(-c4ccc(-c5cccc6c5sc5ccccc56)cc4)n32)cc1. The standard InChI is InChI=1S/C42H31N3S.C2H6/c1-42(2,3)30-22-19-26(20-23-30)29-21-24-37-36(25-29)32-9-4-5-11-35(32)41-44-43-40(45(37)41)28-17-15-27(16-18-28)31-12-8-13-34-33-10-6-7-14-38(33)46-39(31)34;1-2/h4-25H,1-3H3;1-2H3. The van der Waals surface area contributed by atoms with E-state index in [-0.39, 0.29) is 5.41 Å². The van der Waals surface area contributed by atoms with Crippen molar-refractivity contribution in [1.29, 1.82) is 0 Å². The fourth-order valence-corrected chi connectivity index (χ4v) is 8.09. The predicted molar refractivity (Wildman–Crippen MR) is 207 cm³/mol. The summed E-state index contributed by atoms with van der Waals surface area (Å²) in [5, 5.41) is 15.6. The highest BCUT2D eigenvalue weighted by Crippen LogP contribution is 2.41. The van der Waals surface area contributed by atoms with Crippen molar-refractivity contribution in [2.24, 2.45) is 0 Å². The van der Waals surface area contributed by atoms with Crippen LogP contribution in [0.15, 0.2) is 133 Å². The Balaban J connectivity index is 0.00000165. The molecule has 3 nitrogen and oxygen atoms in total. The van der Waals surface area contributed by atoms with E-state index in [9.17, 15) is 0 Å². The molecule has 0 atom stereocenters. The molecule has 0 aliphatic carbocycles. The molecule has 0 fully saturated rings. The van der Waals surface area contributed by atoms with E-state index in [0.29, 0.717) is 0 Å². The van der Waals surface area contributed by atoms with Gasteiger partial charge in [-0.25, -0.2) is 0 Å². The molecule has 48 heavy (non-hydrogen) atoms. The normalized spacial score (nSPS) is 11.9. The number of fused-ring (bicyclic) bond motifs is 9. The zero-order valence-electron chi connectivity index (χ0n) is 28.0. The minimum absolute atomic E-state index is 0.124. The fourth-order valence-electron chi connectivity index (χ4n) is 6.85. The van der Waals surface area contributed by atoms with Gasteiger partial charge in [-0.3, -0.25) is 4.40 Å². The molecule has 0 spiro atoms. The number of nitrogens with zero attached hydrogens (tertiary/aromatic N) is 3. The number of thiophene rings is 1. The number of benzene rings is 6. The summed E-state index contributed by atoms with van der Waals surface area (Å²) in [4.78, 5) is 0. The monoisotopic (exact) mass is 639 g/mol. The molecule has 0 unspecified atom stereocenters. The van der Waals surface area contributed by atoms with Gasteiger partial charge in [0, 0.05) is 36.5 Å². The summed E-state index contributed by atoms with van der Waals surface area (Å²) in [6.45, 7) is 10.8. The van der Waals surface area contributed by atoms with Gasteiger partial charge in [0.1, 0.15) is 0 Å². The van der Waals surface area contributed by atoms with E-state index in [2.05, 4.69) is 159 Å². The topological polar surface area (TPSA) is 30.2 Å². The second-order valence-corrected chi connectivity index (χ2v) is 14.2. The van der Waals surface area contributed by atoms with Gasteiger partial charge in [-0.15, -0.1) is 21.5 Å². The highest BCUT2D eigenvalue weighted by molar-refractivity contribution is 7.26. The Morgan fingerprint density at radius 3 is 1.90 bits per heavy atom. The zero-order valence-corrected chi connectivity index (χ0v) is 28.8. The van der Waals surface area contributed by atoms with E-state index in [4.69, 9.17) is 10.2 Å². The molecule has 0 saturated heterocycles. The van der Waals surface area contributed by atoms with Crippen LogP contribution in [-0.4, -0.2) is 14.6 Å². The number of aromatic nitrogens is 3. The Morgan fingerprint density at radius 1 is 0.521 bits per heavy atom. The van der Waals surface area contributed by atoms with Crippen LogP contribution in [0.4, 0.5) is 0 Å². The van der Waals surface area contributed by atoms with Crippen molar-refractivity contribution in [3.8, 4) is 33.6 Å². The second kappa shape index (κ2) is 11.7. The lowest BCUT2D eigenvalue weighted by atomic mass is 9.86. The highest BCUT2D eigenvalue weighted by atomic mass is 32.1. The molecule has 0 aliphatic heterocycles. The minimum atomic E-state index is 0.124. The van der Waals surface area contributed by atoms with E-state index in [0.717, 1.165) is 27.9 Å². The van der Waals surface area contributed by atoms with E-state index in [1.807, 2.05) is 25.2 Å². The van der Waals surface area contributed by atoms with Gasteiger partial charge in [0.15, 0.2) is 11.5 Å². The molecule has 6 aromatic carbocycles. The van der Waals surface area contributed by atoms with Gasteiger partial charge >= 0.3 is 0 Å². The lowest BCUT2D eigenvalue weighted by Gasteiger charge is -2.19. The maximum atomic E-state index is 4.78. The number of hydrogen-bond donors (Lipinski definition) is 0. The molecule has 9 rings (SSSR count). The molecule has 3 heterocycles. The van der Waals surface area contributed by atoms with Crippen LogP contribution in [0.25, 0.3) is 81.1 Å². The molecule has 0 radical (unpaired) electrons. The summed E-state index contributed by atoms with van der Waals surface area (Å²) in [5.41, 5.74) is 9.35. The van der Waals surface area contributed by atoms with Crippen molar-refractivity contribution in [2.45, 2.75) is 40.0 Å². The summed E-state index contributed by atoms with van der Waals surface area (Å²) < 4.78 is 4.87. The van der Waals surface area contributed by atoms with Gasteiger partial charge in [0.25, 0.3) is 0 Å². The molecule has 0 N–H and O–H groups in total. The van der Waals surface area contributed by atoms with E-state index in [1.54, 1.807) is 0 Å². The van der Waals surface area contributed by atoms with Crippen LogP contribution in [0.3, 0.4) is 0 Å². The van der Waals surface area contributed by atoms with Gasteiger partial charge in [-0.1, -0.05) is 150 Å². The molecule has 0 bridgehead atoms. The first-order valence-electron chi connectivity index (χ1n) is 16.8. The predicted octanol–water partition coefficient (Wildman–Crippen LogP) is 12.7. The molecular weight excluding hydrogens is 603 g/mol. The maximum Gasteiger partial charge on any atom is 0.169 e. The highest BCUT2D eigenvalue weighted by Gasteiger charge is 2.18. The smallest absolute Gasteiger partial charge is 0.169 e. The average molecular weight is 640 g/mol. The van der Waals surface area contributed by atoms with Crippen LogP contribution < -0.4 is 0 Å². The van der Waals surface area contributed by atoms with E-state index >= 15 is 0 Å². The Morgan fingerprint density at radius 2 is 1.15 bits per heavy atom. The third kappa shape index (κ3) is 4.87. The Hall–Kier alpha value is -5.32. The van der Waals surface area contributed by atoms with Gasteiger partial charge in [0.2, 0.25) is 0 Å². The summed E-state index contributed by atoms with van der Waals surface area (Å²) in [6.07, 6.45) is 0. The van der Waals surface area contributed by atoms with Crippen molar-refractivity contribution in [2.75, 3.05) is 0 Å². The lowest BCUT2D eigenvalue weighted by molar-refractivity contribution is 0.590. The molecule has 3 aromatic heterocycles. The number of hydrogen-bond acceptors (Lipinski definition) is 3. The van der Waals surface area contributed by atoms with Crippen LogP contribution in [0, 0.1) is 0 Å². The van der Waals surface area contributed by atoms with Crippen molar-refractivity contribution in [3.63, 3.8) is 0 Å². The first kappa shape index (κ1) is 30.0. The van der Waals surface area contributed by atoms with E-state index < -0.39 is 0 Å². The molecule has 0 saturated carbocycles. The Kier molecular flexibility index (Phi) is 7.34. The summed E-state index contributed by atoms with van der Waals surface area (Å²) in [6, 6.07) is 48.4. The van der Waals surface area contributed by atoms with Gasteiger partial charge in [0.05, 0.1) is 5.52 Å². The number of pyridine rings is 1. The molecule has 0 aliphatic rings. The first-order valence-corrected chi connectivity index (χ1v) is 17.6. The minimum Gasteiger partial charge on any atom is -0.274 e. The molecular formula is C44H37N3S. The Bertz CT molecular complexity index is 2600. The van der Waals surface area contributed by atoms with Gasteiger partial charge in [-0.2, -0.15) is 0 Å². The fraction of sp³-hybridized carbons (Fsp3) is 0.136. The van der Waals surface area contributed by atoms with Crippen LogP contribution in [0.2, 0.25) is 0 Å². The molecule has 4 heteroatoms. The first-order chi connectivity index (χ1) is 23.4. The van der Waals surface area contributed by atoms with Crippen LogP contribution in [0.1, 0.15) is 40.2 Å².